The summed E-state index contributed by atoms with van der Waals surface area (Å²) >= 11 is 0. The van der Waals surface area contributed by atoms with Gasteiger partial charge in [0.1, 0.15) is 11.5 Å². The fourth-order valence-corrected chi connectivity index (χ4v) is 4.25. The molecule has 0 unspecified atom stereocenters. The van der Waals surface area contributed by atoms with Crippen LogP contribution < -0.4 is 19.3 Å². The molecule has 0 saturated heterocycles. The highest BCUT2D eigenvalue weighted by molar-refractivity contribution is 6.37. The molecule has 0 aliphatic carbocycles. The first-order valence-electron chi connectivity index (χ1n) is 11.3. The van der Waals surface area contributed by atoms with Crippen molar-refractivity contribution in [3.05, 3.63) is 82.9 Å². The van der Waals surface area contributed by atoms with E-state index < -0.39 is 72.1 Å². The van der Waals surface area contributed by atoms with E-state index in [0.717, 1.165) is 6.07 Å². The number of benzene rings is 3. The summed E-state index contributed by atoms with van der Waals surface area (Å²) < 4.78 is 87.9. The van der Waals surface area contributed by atoms with Gasteiger partial charge in [-0.15, -0.1) is 0 Å². The van der Waals surface area contributed by atoms with Gasteiger partial charge in [0.25, 0.3) is 23.6 Å². The van der Waals surface area contributed by atoms with Crippen molar-refractivity contribution in [2.24, 2.45) is 0 Å². The lowest BCUT2D eigenvalue weighted by Crippen LogP contribution is -2.33. The number of rotatable bonds is 6. The van der Waals surface area contributed by atoms with Crippen molar-refractivity contribution < 1.29 is 55.0 Å². The molecule has 14 heteroatoms. The molecule has 0 fully saturated rings. The lowest BCUT2D eigenvalue weighted by molar-refractivity contribution is -0.153. The second-order valence-electron chi connectivity index (χ2n) is 8.58. The summed E-state index contributed by atoms with van der Waals surface area (Å²) in [5, 5.41) is 0. The number of amides is 4. The van der Waals surface area contributed by atoms with Crippen LogP contribution in [0.1, 0.15) is 41.4 Å². The largest absolute Gasteiger partial charge is 0.482 e. The van der Waals surface area contributed by atoms with Crippen molar-refractivity contribution in [2.75, 3.05) is 23.0 Å². The van der Waals surface area contributed by atoms with Gasteiger partial charge >= 0.3 is 12.4 Å². The standard InChI is InChI=1S/C26H14F6N2O6/c27-25(28,29)11-39-19-10-20(40-12-26(30,31)32)18(34-23(37)15-7-3-4-8-16(15)24(34)38)9-17(19)33-21(35)13-5-1-2-6-14(13)22(33)36/h1-10H,11-12H2. The fraction of sp³-hybridized carbons (Fsp3) is 0.154. The first kappa shape index (κ1) is 26.7. The Hall–Kier alpha value is -4.88. The van der Waals surface area contributed by atoms with Crippen LogP contribution in [0.5, 0.6) is 11.5 Å². The summed E-state index contributed by atoms with van der Waals surface area (Å²) in [6.07, 6.45) is -9.85. The van der Waals surface area contributed by atoms with Gasteiger partial charge in [-0.25, -0.2) is 9.80 Å². The number of halogens is 6. The molecule has 40 heavy (non-hydrogen) atoms. The number of alkyl halides is 6. The summed E-state index contributed by atoms with van der Waals surface area (Å²) in [6.45, 7) is -3.90. The first-order valence-corrected chi connectivity index (χ1v) is 11.3. The monoisotopic (exact) mass is 564 g/mol. The van der Waals surface area contributed by atoms with Crippen LogP contribution in [-0.4, -0.2) is 49.2 Å². The third-order valence-corrected chi connectivity index (χ3v) is 5.89. The predicted octanol–water partition coefficient (Wildman–Crippen LogP) is 5.17. The molecule has 0 saturated carbocycles. The van der Waals surface area contributed by atoms with E-state index in [9.17, 15) is 45.5 Å². The Kier molecular flexibility index (Phi) is 6.27. The number of imide groups is 2. The highest BCUT2D eigenvalue weighted by Crippen LogP contribution is 2.45. The van der Waals surface area contributed by atoms with Crippen LogP contribution in [0.15, 0.2) is 60.7 Å². The molecule has 0 atom stereocenters. The number of hydrogen-bond donors (Lipinski definition) is 0. The summed E-state index contributed by atoms with van der Waals surface area (Å²) in [7, 11) is 0. The maximum atomic E-state index is 13.1. The van der Waals surface area contributed by atoms with Gasteiger partial charge in [0.05, 0.1) is 33.6 Å². The average molecular weight is 564 g/mol. The minimum Gasteiger partial charge on any atom is -0.482 e. The number of ether oxygens (including phenoxy) is 2. The summed E-state index contributed by atoms with van der Waals surface area (Å²) in [5.41, 5.74) is -1.71. The molecular weight excluding hydrogens is 550 g/mol. The molecule has 3 aromatic carbocycles. The molecule has 0 bridgehead atoms. The number of hydrogen-bond acceptors (Lipinski definition) is 6. The molecule has 5 rings (SSSR count). The quantitative estimate of drug-likeness (QED) is 0.303. The third kappa shape index (κ3) is 4.72. The van der Waals surface area contributed by atoms with Gasteiger partial charge in [-0.2, -0.15) is 26.3 Å². The zero-order chi connectivity index (χ0) is 29.0. The molecule has 3 aromatic rings. The van der Waals surface area contributed by atoms with Crippen LogP contribution in [0.3, 0.4) is 0 Å². The molecule has 2 heterocycles. The molecular formula is C26H14F6N2O6. The number of carbonyl (C=O) groups excluding carboxylic acids is 4. The van der Waals surface area contributed by atoms with Crippen molar-refractivity contribution in [3.8, 4) is 11.5 Å². The number of anilines is 2. The van der Waals surface area contributed by atoms with Crippen LogP contribution >= 0.6 is 0 Å². The van der Waals surface area contributed by atoms with Crippen molar-refractivity contribution in [1.82, 2.24) is 0 Å². The predicted molar refractivity (Wildman–Crippen MR) is 125 cm³/mol. The molecule has 0 radical (unpaired) electrons. The summed E-state index contributed by atoms with van der Waals surface area (Å²) in [4.78, 5) is 53.5. The zero-order valence-corrected chi connectivity index (χ0v) is 19.8. The third-order valence-electron chi connectivity index (χ3n) is 5.89. The first-order chi connectivity index (χ1) is 18.8. The second-order valence-corrected chi connectivity index (χ2v) is 8.58. The van der Waals surface area contributed by atoms with E-state index in [1.807, 2.05) is 0 Å². The van der Waals surface area contributed by atoms with E-state index in [-0.39, 0.29) is 22.3 Å². The Morgan fingerprint density at radius 1 is 0.525 bits per heavy atom. The molecule has 2 aliphatic heterocycles. The van der Waals surface area contributed by atoms with E-state index in [1.165, 1.54) is 48.5 Å². The van der Waals surface area contributed by atoms with Gasteiger partial charge in [-0.3, -0.25) is 19.2 Å². The van der Waals surface area contributed by atoms with Gasteiger partial charge in [0, 0.05) is 6.07 Å². The Labute approximate surface area is 220 Å². The Balaban J connectivity index is 1.70. The molecule has 4 amide bonds. The van der Waals surface area contributed by atoms with Gasteiger partial charge in [0.15, 0.2) is 13.2 Å². The second kappa shape index (κ2) is 9.39. The lowest BCUT2D eigenvalue weighted by atomic mass is 10.1. The maximum absolute atomic E-state index is 13.1. The normalized spacial score (nSPS) is 15.1. The van der Waals surface area contributed by atoms with E-state index in [1.54, 1.807) is 0 Å². The van der Waals surface area contributed by atoms with E-state index in [4.69, 9.17) is 9.47 Å². The molecule has 0 spiro atoms. The molecule has 2 aliphatic rings. The van der Waals surface area contributed by atoms with Crippen LogP contribution in [0.4, 0.5) is 37.7 Å². The molecule has 0 N–H and O–H groups in total. The zero-order valence-electron chi connectivity index (χ0n) is 19.8. The van der Waals surface area contributed by atoms with E-state index in [0.29, 0.717) is 15.9 Å². The number of fused-ring (bicyclic) bond motifs is 2. The number of nitrogens with zero attached hydrogens (tertiary/aromatic N) is 2. The minimum absolute atomic E-state index is 0.103. The van der Waals surface area contributed by atoms with Crippen LogP contribution in [0, 0.1) is 0 Å². The highest BCUT2D eigenvalue weighted by Gasteiger charge is 2.43. The molecule has 8 nitrogen and oxygen atoms in total. The van der Waals surface area contributed by atoms with Crippen LogP contribution in [0.25, 0.3) is 0 Å². The van der Waals surface area contributed by atoms with Gasteiger partial charge in [0.2, 0.25) is 0 Å². The fourth-order valence-electron chi connectivity index (χ4n) is 4.25. The van der Waals surface area contributed by atoms with Crippen LogP contribution in [0.2, 0.25) is 0 Å². The average Bonchev–Trinajstić information content (AvgIpc) is 3.30. The highest BCUT2D eigenvalue weighted by atomic mass is 19.4. The summed E-state index contributed by atoms with van der Waals surface area (Å²) in [5.74, 6) is -5.62. The Morgan fingerprint density at radius 3 is 1.10 bits per heavy atom. The molecule has 206 valence electrons. The number of carbonyl (C=O) groups is 4. The van der Waals surface area contributed by atoms with Gasteiger partial charge in [-0.05, 0) is 30.3 Å². The van der Waals surface area contributed by atoms with Crippen molar-refractivity contribution in [1.29, 1.82) is 0 Å². The summed E-state index contributed by atoms with van der Waals surface area (Å²) in [6, 6.07) is 12.2. The molecule has 0 aromatic heterocycles. The van der Waals surface area contributed by atoms with Crippen molar-refractivity contribution >= 4 is 35.0 Å². The smallest absolute Gasteiger partial charge is 0.422 e. The van der Waals surface area contributed by atoms with Crippen molar-refractivity contribution in [3.63, 3.8) is 0 Å². The van der Waals surface area contributed by atoms with E-state index in [2.05, 4.69) is 0 Å². The van der Waals surface area contributed by atoms with Crippen molar-refractivity contribution in [2.45, 2.75) is 12.4 Å². The minimum atomic E-state index is -4.92. The SMILES string of the molecule is O=C1c2ccccc2C(=O)N1c1cc(N2C(=O)c3ccccc3C2=O)c(OCC(F)(F)F)cc1OCC(F)(F)F. The van der Waals surface area contributed by atoms with E-state index >= 15 is 0 Å². The van der Waals surface area contributed by atoms with Crippen LogP contribution in [-0.2, 0) is 0 Å². The topological polar surface area (TPSA) is 93.2 Å². The van der Waals surface area contributed by atoms with Gasteiger partial charge < -0.3 is 9.47 Å². The maximum Gasteiger partial charge on any atom is 0.422 e. The Bertz CT molecular complexity index is 1400. The van der Waals surface area contributed by atoms with Gasteiger partial charge in [-0.1, -0.05) is 24.3 Å². The lowest BCUT2D eigenvalue weighted by Gasteiger charge is -2.25. The Morgan fingerprint density at radius 2 is 0.825 bits per heavy atom.